The normalized spacial score (nSPS) is 15.3. The van der Waals surface area contributed by atoms with E-state index < -0.39 is 0 Å². The molecule has 0 atom stereocenters. The van der Waals surface area contributed by atoms with Crippen LogP contribution in [0.1, 0.15) is 12.7 Å². The largest absolute Gasteiger partial charge is 0.354 e. The van der Waals surface area contributed by atoms with Gasteiger partial charge in [-0.3, -0.25) is 0 Å². The Balaban J connectivity index is 1.98. The number of anilines is 1. The van der Waals surface area contributed by atoms with Crippen LogP contribution in [0.4, 0.5) is 5.82 Å². The van der Waals surface area contributed by atoms with Gasteiger partial charge >= 0.3 is 0 Å². The SMILES string of the molecule is CCc1nc(-c2ccccc2)cc(N2CCNCC2)n1. The number of hydrogen-bond acceptors (Lipinski definition) is 4. The van der Waals surface area contributed by atoms with Crippen molar-refractivity contribution >= 4 is 5.82 Å². The smallest absolute Gasteiger partial charge is 0.132 e. The first kappa shape index (κ1) is 13.1. The summed E-state index contributed by atoms with van der Waals surface area (Å²) in [6.45, 7) is 6.16. The van der Waals surface area contributed by atoms with Crippen molar-refractivity contribution in [3.63, 3.8) is 0 Å². The zero-order chi connectivity index (χ0) is 13.8. The summed E-state index contributed by atoms with van der Waals surface area (Å²) >= 11 is 0. The van der Waals surface area contributed by atoms with E-state index in [0.29, 0.717) is 0 Å². The highest BCUT2D eigenvalue weighted by Crippen LogP contribution is 2.22. The van der Waals surface area contributed by atoms with E-state index in [1.54, 1.807) is 0 Å². The monoisotopic (exact) mass is 268 g/mol. The van der Waals surface area contributed by atoms with Crippen LogP contribution in [0.2, 0.25) is 0 Å². The summed E-state index contributed by atoms with van der Waals surface area (Å²) in [6, 6.07) is 12.4. The second-order valence-electron chi connectivity index (χ2n) is 4.98. The van der Waals surface area contributed by atoms with E-state index in [9.17, 15) is 0 Å². The van der Waals surface area contributed by atoms with Gasteiger partial charge in [-0.25, -0.2) is 9.97 Å². The summed E-state index contributed by atoms with van der Waals surface area (Å²) in [4.78, 5) is 11.7. The average Bonchev–Trinajstić information content (AvgIpc) is 2.56. The van der Waals surface area contributed by atoms with Gasteiger partial charge in [-0.05, 0) is 0 Å². The van der Waals surface area contributed by atoms with Crippen molar-refractivity contribution in [3.05, 3.63) is 42.2 Å². The molecule has 1 aliphatic rings. The third kappa shape index (κ3) is 2.80. The van der Waals surface area contributed by atoms with Crippen LogP contribution in [0.25, 0.3) is 11.3 Å². The van der Waals surface area contributed by atoms with Gasteiger partial charge in [-0.1, -0.05) is 37.3 Å². The molecule has 4 heteroatoms. The lowest BCUT2D eigenvalue weighted by Gasteiger charge is -2.28. The second-order valence-corrected chi connectivity index (χ2v) is 4.98. The predicted molar refractivity (Wildman–Crippen MR) is 81.9 cm³/mol. The Bertz CT molecular complexity index is 562. The number of benzene rings is 1. The summed E-state index contributed by atoms with van der Waals surface area (Å²) in [7, 11) is 0. The Hall–Kier alpha value is -1.94. The Morgan fingerprint density at radius 3 is 2.55 bits per heavy atom. The Kier molecular flexibility index (Phi) is 3.92. The van der Waals surface area contributed by atoms with Crippen molar-refractivity contribution in [1.29, 1.82) is 0 Å². The number of nitrogens with zero attached hydrogens (tertiary/aromatic N) is 3. The highest BCUT2D eigenvalue weighted by molar-refractivity contribution is 5.63. The Labute approximate surface area is 119 Å². The van der Waals surface area contributed by atoms with E-state index >= 15 is 0 Å². The molecule has 3 rings (SSSR count). The maximum absolute atomic E-state index is 4.69. The van der Waals surface area contributed by atoms with Crippen molar-refractivity contribution < 1.29 is 0 Å². The summed E-state index contributed by atoms with van der Waals surface area (Å²) < 4.78 is 0. The predicted octanol–water partition coefficient (Wildman–Crippen LogP) is 2.12. The summed E-state index contributed by atoms with van der Waals surface area (Å²) in [6.07, 6.45) is 0.861. The Morgan fingerprint density at radius 2 is 1.85 bits per heavy atom. The van der Waals surface area contributed by atoms with Crippen molar-refractivity contribution in [2.24, 2.45) is 0 Å². The van der Waals surface area contributed by atoms with Gasteiger partial charge in [0.25, 0.3) is 0 Å². The lowest BCUT2D eigenvalue weighted by atomic mass is 10.1. The lowest BCUT2D eigenvalue weighted by molar-refractivity contribution is 0.583. The van der Waals surface area contributed by atoms with Gasteiger partial charge in [0.2, 0.25) is 0 Å². The average molecular weight is 268 g/mol. The number of nitrogens with one attached hydrogen (secondary N) is 1. The molecule has 0 radical (unpaired) electrons. The van der Waals surface area contributed by atoms with Crippen LogP contribution in [0.15, 0.2) is 36.4 Å². The molecule has 2 heterocycles. The zero-order valence-corrected chi connectivity index (χ0v) is 11.8. The molecular weight excluding hydrogens is 248 g/mol. The molecule has 0 bridgehead atoms. The molecule has 20 heavy (non-hydrogen) atoms. The van der Waals surface area contributed by atoms with Gasteiger partial charge in [0.05, 0.1) is 5.69 Å². The fourth-order valence-electron chi connectivity index (χ4n) is 2.45. The molecule has 0 saturated carbocycles. The van der Waals surface area contributed by atoms with Crippen molar-refractivity contribution in [2.75, 3.05) is 31.1 Å². The highest BCUT2D eigenvalue weighted by atomic mass is 15.2. The highest BCUT2D eigenvalue weighted by Gasteiger charge is 2.14. The first-order valence-corrected chi connectivity index (χ1v) is 7.26. The molecule has 1 aromatic carbocycles. The van der Waals surface area contributed by atoms with Crippen LogP contribution in [0.3, 0.4) is 0 Å². The van der Waals surface area contributed by atoms with E-state index in [-0.39, 0.29) is 0 Å². The summed E-state index contributed by atoms with van der Waals surface area (Å²) in [5, 5.41) is 3.37. The first-order chi connectivity index (χ1) is 9.86. The summed E-state index contributed by atoms with van der Waals surface area (Å²) in [5.41, 5.74) is 2.17. The fourth-order valence-corrected chi connectivity index (χ4v) is 2.45. The van der Waals surface area contributed by atoms with E-state index in [1.807, 2.05) is 18.2 Å². The molecule has 2 aromatic rings. The van der Waals surface area contributed by atoms with Gasteiger partial charge in [0.15, 0.2) is 0 Å². The fraction of sp³-hybridized carbons (Fsp3) is 0.375. The molecule has 1 fully saturated rings. The van der Waals surface area contributed by atoms with Crippen molar-refractivity contribution in [2.45, 2.75) is 13.3 Å². The van der Waals surface area contributed by atoms with Gasteiger partial charge in [-0.2, -0.15) is 0 Å². The standard InChI is InChI=1S/C16H20N4/c1-2-15-18-14(13-6-4-3-5-7-13)12-16(19-15)20-10-8-17-9-11-20/h3-7,12,17H,2,8-11H2,1H3. The molecular formula is C16H20N4. The van der Waals surface area contributed by atoms with Gasteiger partial charge in [0, 0.05) is 44.2 Å². The number of hydrogen-bond donors (Lipinski definition) is 1. The van der Waals surface area contributed by atoms with Crippen LogP contribution in [0.5, 0.6) is 0 Å². The van der Waals surface area contributed by atoms with Crippen molar-refractivity contribution in [3.8, 4) is 11.3 Å². The maximum atomic E-state index is 4.69. The minimum Gasteiger partial charge on any atom is -0.354 e. The van der Waals surface area contributed by atoms with Crippen LogP contribution >= 0.6 is 0 Å². The van der Waals surface area contributed by atoms with E-state index in [0.717, 1.165) is 55.5 Å². The Morgan fingerprint density at radius 1 is 1.10 bits per heavy atom. The molecule has 4 nitrogen and oxygen atoms in total. The molecule has 1 saturated heterocycles. The molecule has 104 valence electrons. The molecule has 0 unspecified atom stereocenters. The minimum absolute atomic E-state index is 0.861. The minimum atomic E-state index is 0.861. The molecule has 0 amide bonds. The first-order valence-electron chi connectivity index (χ1n) is 7.26. The second kappa shape index (κ2) is 6.01. The van der Waals surface area contributed by atoms with Gasteiger partial charge < -0.3 is 10.2 Å². The molecule has 1 aromatic heterocycles. The number of rotatable bonds is 3. The van der Waals surface area contributed by atoms with E-state index in [1.165, 1.54) is 0 Å². The lowest BCUT2D eigenvalue weighted by Crippen LogP contribution is -2.44. The summed E-state index contributed by atoms with van der Waals surface area (Å²) in [5.74, 6) is 1.97. The van der Waals surface area contributed by atoms with E-state index in [2.05, 4.69) is 45.3 Å². The van der Waals surface area contributed by atoms with Gasteiger partial charge in [-0.15, -0.1) is 0 Å². The molecule has 1 N–H and O–H groups in total. The van der Waals surface area contributed by atoms with Gasteiger partial charge in [0.1, 0.15) is 11.6 Å². The van der Waals surface area contributed by atoms with Crippen LogP contribution in [-0.4, -0.2) is 36.1 Å². The quantitative estimate of drug-likeness (QED) is 0.925. The van der Waals surface area contributed by atoms with Crippen LogP contribution in [-0.2, 0) is 6.42 Å². The molecule has 1 aliphatic heterocycles. The number of aromatic nitrogens is 2. The zero-order valence-electron chi connectivity index (χ0n) is 11.8. The van der Waals surface area contributed by atoms with E-state index in [4.69, 9.17) is 0 Å². The van der Waals surface area contributed by atoms with Crippen molar-refractivity contribution in [1.82, 2.24) is 15.3 Å². The van der Waals surface area contributed by atoms with Crippen LogP contribution in [0, 0.1) is 0 Å². The van der Waals surface area contributed by atoms with Crippen LogP contribution < -0.4 is 10.2 Å². The third-order valence-corrected chi connectivity index (χ3v) is 3.59. The maximum Gasteiger partial charge on any atom is 0.132 e. The molecule has 0 aliphatic carbocycles. The number of aryl methyl sites for hydroxylation is 1. The number of piperazine rings is 1. The topological polar surface area (TPSA) is 41.1 Å². The molecule has 0 spiro atoms. The third-order valence-electron chi connectivity index (χ3n) is 3.59.